The molecule has 0 aliphatic carbocycles. The van der Waals surface area contributed by atoms with E-state index in [1.165, 1.54) is 89.9 Å². The molecule has 0 aliphatic rings. The van der Waals surface area contributed by atoms with Crippen molar-refractivity contribution in [2.75, 3.05) is 19.8 Å². The summed E-state index contributed by atoms with van der Waals surface area (Å²) in [6, 6.07) is -1.52. The smallest absolute Gasteiger partial charge is 0.472 e. The quantitative estimate of drug-likeness (QED) is 0.0233. The number of phosphoric acid groups is 1. The second-order valence-corrected chi connectivity index (χ2v) is 15.9. The van der Waals surface area contributed by atoms with Gasteiger partial charge < -0.3 is 25.2 Å². The van der Waals surface area contributed by atoms with Crippen LogP contribution in [0.4, 0.5) is 0 Å². The van der Waals surface area contributed by atoms with Crippen molar-refractivity contribution in [3.8, 4) is 0 Å². The van der Waals surface area contributed by atoms with Gasteiger partial charge in [-0.25, -0.2) is 4.57 Å². The lowest BCUT2D eigenvalue weighted by Gasteiger charge is -2.20. The lowest BCUT2D eigenvalue weighted by Crippen LogP contribution is -2.34. The van der Waals surface area contributed by atoms with Gasteiger partial charge in [-0.3, -0.25) is 23.4 Å². The number of hydrogen-bond acceptors (Lipinski definition) is 9. The fraction of sp³-hybridized carbons (Fsp3) is 0.833. The lowest BCUT2D eigenvalue weighted by atomic mass is 10.0. The number of carboxylic acid groups (broad SMARTS) is 1. The fourth-order valence-corrected chi connectivity index (χ4v) is 6.58. The Bertz CT molecular complexity index is 1020. The Kier molecular flexibility index (Phi) is 36.4. The maximum absolute atomic E-state index is 12.6. The number of hydrogen-bond donors (Lipinski definition) is 3. The molecular weight excluding hydrogens is 709 g/mol. The number of unbranched alkanes of at least 4 members (excludes halogenated alkanes) is 22. The van der Waals surface area contributed by atoms with Crippen molar-refractivity contribution in [1.29, 1.82) is 0 Å². The summed E-state index contributed by atoms with van der Waals surface area (Å²) in [6.45, 7) is 2.77. The van der Waals surface area contributed by atoms with E-state index in [4.69, 9.17) is 24.8 Å². The Morgan fingerprint density at radius 1 is 0.574 bits per heavy atom. The van der Waals surface area contributed by atoms with Crippen molar-refractivity contribution in [3.63, 3.8) is 0 Å². The van der Waals surface area contributed by atoms with Crippen molar-refractivity contribution in [2.45, 2.75) is 206 Å². The van der Waals surface area contributed by atoms with Gasteiger partial charge in [0.2, 0.25) is 0 Å². The molecule has 12 heteroatoms. The largest absolute Gasteiger partial charge is 0.480 e. The first kappa shape index (κ1) is 52.0. The van der Waals surface area contributed by atoms with E-state index in [2.05, 4.69) is 42.7 Å². The van der Waals surface area contributed by atoms with Crippen LogP contribution in [0.3, 0.4) is 0 Å². The molecule has 0 bridgehead atoms. The summed E-state index contributed by atoms with van der Waals surface area (Å²) in [5, 5.41) is 8.88. The Hall–Kier alpha value is -2.04. The molecule has 11 nitrogen and oxygen atoms in total. The minimum Gasteiger partial charge on any atom is -0.480 e. The fourth-order valence-electron chi connectivity index (χ4n) is 5.80. The zero-order valence-corrected chi connectivity index (χ0v) is 35.0. The molecule has 0 amide bonds. The second kappa shape index (κ2) is 37.9. The van der Waals surface area contributed by atoms with Gasteiger partial charge in [0.15, 0.2) is 6.10 Å². The molecule has 1 unspecified atom stereocenters. The van der Waals surface area contributed by atoms with Crippen molar-refractivity contribution in [1.82, 2.24) is 0 Å². The molecule has 0 spiro atoms. The molecule has 0 aromatic heterocycles. The normalized spacial score (nSPS) is 14.0. The van der Waals surface area contributed by atoms with Crippen LogP contribution in [-0.4, -0.2) is 59.9 Å². The molecular formula is C42H78NO10P. The van der Waals surface area contributed by atoms with E-state index >= 15 is 0 Å². The number of nitrogens with two attached hydrogens (primary N) is 1. The third kappa shape index (κ3) is 36.9. The molecule has 54 heavy (non-hydrogen) atoms. The van der Waals surface area contributed by atoms with Crippen LogP contribution < -0.4 is 5.73 Å². The molecule has 0 saturated heterocycles. The van der Waals surface area contributed by atoms with E-state index in [9.17, 15) is 23.8 Å². The third-order valence-corrected chi connectivity index (χ3v) is 10.2. The number of ether oxygens (including phenoxy) is 2. The Balaban J connectivity index is 4.38. The van der Waals surface area contributed by atoms with Gasteiger partial charge in [0, 0.05) is 12.8 Å². The van der Waals surface area contributed by atoms with Crippen LogP contribution in [0.5, 0.6) is 0 Å². The second-order valence-electron chi connectivity index (χ2n) is 14.5. The summed E-state index contributed by atoms with van der Waals surface area (Å²) < 4.78 is 32.7. The minimum absolute atomic E-state index is 0.162. The zero-order chi connectivity index (χ0) is 40.0. The predicted octanol–water partition coefficient (Wildman–Crippen LogP) is 11.1. The number of esters is 2. The Morgan fingerprint density at radius 2 is 0.981 bits per heavy atom. The van der Waals surface area contributed by atoms with E-state index in [1.807, 2.05) is 0 Å². The molecule has 3 atom stereocenters. The van der Waals surface area contributed by atoms with Crippen molar-refractivity contribution in [2.24, 2.45) is 5.73 Å². The van der Waals surface area contributed by atoms with E-state index in [1.54, 1.807) is 0 Å². The van der Waals surface area contributed by atoms with E-state index < -0.39 is 51.1 Å². The van der Waals surface area contributed by atoms with Crippen LogP contribution in [0.25, 0.3) is 0 Å². The molecule has 0 heterocycles. The van der Waals surface area contributed by atoms with Gasteiger partial charge in [0.05, 0.1) is 13.2 Å². The molecule has 316 valence electrons. The van der Waals surface area contributed by atoms with Crippen LogP contribution in [0.2, 0.25) is 0 Å². The number of carboxylic acids is 1. The first-order chi connectivity index (χ1) is 26.1. The highest BCUT2D eigenvalue weighted by molar-refractivity contribution is 7.47. The highest BCUT2D eigenvalue weighted by Gasteiger charge is 2.28. The van der Waals surface area contributed by atoms with Gasteiger partial charge in [-0.05, 0) is 44.9 Å². The maximum Gasteiger partial charge on any atom is 0.472 e. The average molecular weight is 788 g/mol. The van der Waals surface area contributed by atoms with Gasteiger partial charge in [-0.15, -0.1) is 0 Å². The number of carbonyl (C=O) groups is 3. The van der Waals surface area contributed by atoms with Gasteiger partial charge in [-0.1, -0.05) is 160 Å². The van der Waals surface area contributed by atoms with Crippen LogP contribution in [-0.2, 0) is 37.5 Å². The van der Waals surface area contributed by atoms with E-state index in [0.29, 0.717) is 12.8 Å². The summed E-state index contributed by atoms with van der Waals surface area (Å²) in [5.74, 6) is -2.39. The number of rotatable bonds is 40. The van der Waals surface area contributed by atoms with Crippen molar-refractivity contribution < 1.29 is 47.5 Å². The summed E-state index contributed by atoms with van der Waals surface area (Å²) in [7, 11) is -4.71. The molecule has 0 saturated carbocycles. The van der Waals surface area contributed by atoms with Gasteiger partial charge in [0.1, 0.15) is 12.6 Å². The van der Waals surface area contributed by atoms with Crippen LogP contribution >= 0.6 is 7.82 Å². The van der Waals surface area contributed by atoms with E-state index in [-0.39, 0.29) is 19.4 Å². The summed E-state index contributed by atoms with van der Waals surface area (Å²) >= 11 is 0. The molecule has 0 aliphatic heterocycles. The zero-order valence-electron chi connectivity index (χ0n) is 34.1. The minimum atomic E-state index is -4.71. The van der Waals surface area contributed by atoms with Crippen LogP contribution in [0.15, 0.2) is 24.3 Å². The summed E-state index contributed by atoms with van der Waals surface area (Å²) in [4.78, 5) is 45.9. The number of phosphoric ester groups is 1. The first-order valence-electron chi connectivity index (χ1n) is 21.4. The Labute approximate surface area is 328 Å². The maximum atomic E-state index is 12.6. The number of aliphatic carboxylic acids is 1. The summed E-state index contributed by atoms with van der Waals surface area (Å²) in [5.41, 5.74) is 5.33. The van der Waals surface area contributed by atoms with Gasteiger partial charge in [0.25, 0.3) is 0 Å². The molecule has 0 fully saturated rings. The monoisotopic (exact) mass is 788 g/mol. The van der Waals surface area contributed by atoms with Gasteiger partial charge in [-0.2, -0.15) is 0 Å². The molecule has 0 radical (unpaired) electrons. The third-order valence-electron chi connectivity index (χ3n) is 9.20. The first-order valence-corrected chi connectivity index (χ1v) is 22.9. The average Bonchev–Trinajstić information content (AvgIpc) is 3.14. The SMILES string of the molecule is CCCCC/C=C/C/C=C/CCCCCCCC(=O)OC[C@H](COP(=O)(O)OC[C@H](N)C(=O)O)OC(=O)CCCCCCCCCCCCCCCCC. The Morgan fingerprint density at radius 3 is 1.48 bits per heavy atom. The van der Waals surface area contributed by atoms with Crippen LogP contribution in [0.1, 0.15) is 194 Å². The van der Waals surface area contributed by atoms with Crippen molar-refractivity contribution >= 4 is 25.7 Å². The summed E-state index contributed by atoms with van der Waals surface area (Å²) in [6.07, 6.45) is 38.1. The van der Waals surface area contributed by atoms with E-state index in [0.717, 1.165) is 64.2 Å². The highest BCUT2D eigenvalue weighted by Crippen LogP contribution is 2.43. The number of allylic oxidation sites excluding steroid dienone is 4. The molecule has 0 aromatic rings. The van der Waals surface area contributed by atoms with Crippen LogP contribution in [0, 0.1) is 0 Å². The predicted molar refractivity (Wildman–Crippen MR) is 217 cm³/mol. The lowest BCUT2D eigenvalue weighted by molar-refractivity contribution is -0.161. The van der Waals surface area contributed by atoms with Gasteiger partial charge >= 0.3 is 25.7 Å². The number of carbonyl (C=O) groups excluding carboxylic acids is 2. The molecule has 4 N–H and O–H groups in total. The topological polar surface area (TPSA) is 172 Å². The van der Waals surface area contributed by atoms with Crippen molar-refractivity contribution in [3.05, 3.63) is 24.3 Å². The molecule has 0 rings (SSSR count). The highest BCUT2D eigenvalue weighted by atomic mass is 31.2. The standard InChI is InChI=1S/C42H78NO10P/c1-3-5-7-9-11-13-15-17-19-21-23-25-27-29-31-33-40(44)50-35-38(36-51-54(48,49)52-37-39(43)42(46)47)53-41(45)34-32-30-28-26-24-22-20-18-16-14-12-10-8-6-4-2/h11,13,17,19,38-39H,3-10,12,14-16,18,20-37,43H2,1-2H3,(H,46,47)(H,48,49)/b13-11+,19-17+/t38-,39+/m1/s1. The molecule has 0 aromatic carbocycles.